The normalized spacial score (nSPS) is 9.70. The third-order valence-electron chi connectivity index (χ3n) is 2.64. The van der Waals surface area contributed by atoms with E-state index in [4.69, 9.17) is 4.74 Å². The van der Waals surface area contributed by atoms with E-state index in [0.29, 0.717) is 25.3 Å². The fraction of sp³-hybridized carbons (Fsp3) is 0.467. The molecule has 108 valence electrons. The van der Waals surface area contributed by atoms with Gasteiger partial charge >= 0.3 is 5.69 Å². The van der Waals surface area contributed by atoms with E-state index in [1.54, 1.807) is 19.1 Å². The van der Waals surface area contributed by atoms with E-state index in [-0.39, 0.29) is 5.69 Å². The van der Waals surface area contributed by atoms with Crippen molar-refractivity contribution in [2.24, 2.45) is 0 Å². The number of nitro benzene ring substituents is 1. The Kier molecular flexibility index (Phi) is 7.15. The quantitative estimate of drug-likeness (QED) is 0.343. The van der Waals surface area contributed by atoms with Gasteiger partial charge in [-0.05, 0) is 31.5 Å². The maximum Gasteiger partial charge on any atom is 0.310 e. The van der Waals surface area contributed by atoms with Gasteiger partial charge in [0.25, 0.3) is 0 Å². The van der Waals surface area contributed by atoms with Gasteiger partial charge in [0.2, 0.25) is 0 Å². The van der Waals surface area contributed by atoms with E-state index in [1.807, 2.05) is 0 Å². The Bertz CT molecular complexity index is 504. The van der Waals surface area contributed by atoms with Crippen molar-refractivity contribution in [2.75, 3.05) is 13.2 Å². The van der Waals surface area contributed by atoms with Crippen molar-refractivity contribution in [2.45, 2.75) is 33.2 Å². The van der Waals surface area contributed by atoms with Gasteiger partial charge in [0.1, 0.15) is 0 Å². The Balaban J connectivity index is 2.76. The monoisotopic (exact) mass is 276 g/mol. The van der Waals surface area contributed by atoms with Crippen molar-refractivity contribution >= 4 is 5.69 Å². The Morgan fingerprint density at radius 3 is 2.90 bits per heavy atom. The molecule has 0 aliphatic rings. The van der Waals surface area contributed by atoms with Gasteiger partial charge < -0.3 is 10.1 Å². The third kappa shape index (κ3) is 5.29. The topological polar surface area (TPSA) is 64.4 Å². The van der Waals surface area contributed by atoms with E-state index < -0.39 is 4.92 Å². The highest BCUT2D eigenvalue weighted by molar-refractivity contribution is 5.48. The first-order valence-electron chi connectivity index (χ1n) is 6.69. The van der Waals surface area contributed by atoms with E-state index in [2.05, 4.69) is 24.1 Å². The van der Waals surface area contributed by atoms with Gasteiger partial charge in [0.05, 0.1) is 11.5 Å². The Labute approximate surface area is 119 Å². The smallest absolute Gasteiger partial charge is 0.310 e. The van der Waals surface area contributed by atoms with E-state index >= 15 is 0 Å². The lowest BCUT2D eigenvalue weighted by Crippen LogP contribution is -2.14. The average Bonchev–Trinajstić information content (AvgIpc) is 2.44. The zero-order valence-electron chi connectivity index (χ0n) is 11.9. The second kappa shape index (κ2) is 8.94. The molecule has 20 heavy (non-hydrogen) atoms. The van der Waals surface area contributed by atoms with Crippen molar-refractivity contribution in [3.05, 3.63) is 33.9 Å². The highest BCUT2D eigenvalue weighted by Gasteiger charge is 2.15. The third-order valence-corrected chi connectivity index (χ3v) is 2.64. The Hall–Kier alpha value is -2.06. The molecule has 5 heteroatoms. The van der Waals surface area contributed by atoms with Gasteiger partial charge in [-0.3, -0.25) is 10.1 Å². The van der Waals surface area contributed by atoms with Crippen molar-refractivity contribution in [1.82, 2.24) is 5.32 Å². The summed E-state index contributed by atoms with van der Waals surface area (Å²) in [5.74, 6) is 5.94. The zero-order valence-corrected chi connectivity index (χ0v) is 11.9. The van der Waals surface area contributed by atoms with E-state index in [1.165, 1.54) is 6.07 Å². The fourth-order valence-corrected chi connectivity index (χ4v) is 1.68. The van der Waals surface area contributed by atoms with Crippen LogP contribution in [0.5, 0.6) is 5.75 Å². The molecule has 1 rings (SSSR count). The predicted molar refractivity (Wildman–Crippen MR) is 78.7 cm³/mol. The molecule has 1 N–H and O–H groups in total. The van der Waals surface area contributed by atoms with Gasteiger partial charge in [0, 0.05) is 19.0 Å². The molecule has 0 saturated carbocycles. The minimum Gasteiger partial charge on any atom is -0.486 e. The molecule has 0 aliphatic carbocycles. The lowest BCUT2D eigenvalue weighted by atomic mass is 10.2. The first-order chi connectivity index (χ1) is 9.69. The van der Waals surface area contributed by atoms with E-state index in [0.717, 1.165) is 18.5 Å². The van der Waals surface area contributed by atoms with Crippen molar-refractivity contribution < 1.29 is 9.66 Å². The van der Waals surface area contributed by atoms with Gasteiger partial charge in [-0.25, -0.2) is 0 Å². The molecule has 0 bridgehead atoms. The summed E-state index contributed by atoms with van der Waals surface area (Å²) < 4.78 is 5.48. The standard InChI is InChI=1S/C15H20N2O3/c1-3-5-6-10-20-15-11-13(12-16-9-4-2)7-8-14(15)17(18)19/h7-8,11,16H,4,6,9-10,12H2,1-2H3. The molecule has 0 atom stereocenters. The first kappa shape index (κ1) is 16.0. The van der Waals surface area contributed by atoms with Gasteiger partial charge in [-0.2, -0.15) is 0 Å². The number of nitrogens with one attached hydrogen (secondary N) is 1. The van der Waals surface area contributed by atoms with Crippen LogP contribution in [0.2, 0.25) is 0 Å². The van der Waals surface area contributed by atoms with Crippen LogP contribution < -0.4 is 10.1 Å². The summed E-state index contributed by atoms with van der Waals surface area (Å²) in [5, 5.41) is 14.2. The molecule has 1 aromatic rings. The molecule has 0 saturated heterocycles. The number of nitrogens with zero attached hydrogens (tertiary/aromatic N) is 1. The molecule has 0 unspecified atom stereocenters. The number of benzene rings is 1. The predicted octanol–water partition coefficient (Wildman–Crippen LogP) is 2.89. The lowest BCUT2D eigenvalue weighted by molar-refractivity contribution is -0.385. The summed E-state index contributed by atoms with van der Waals surface area (Å²) in [6, 6.07) is 4.96. The van der Waals surface area contributed by atoms with Crippen LogP contribution in [0.3, 0.4) is 0 Å². The summed E-state index contributed by atoms with van der Waals surface area (Å²) in [4.78, 5) is 10.5. The second-order valence-electron chi connectivity index (χ2n) is 4.26. The molecule has 1 aromatic carbocycles. The van der Waals surface area contributed by atoms with Crippen LogP contribution in [-0.2, 0) is 6.54 Å². The number of hydrogen-bond acceptors (Lipinski definition) is 4. The maximum absolute atomic E-state index is 11.0. The fourth-order valence-electron chi connectivity index (χ4n) is 1.68. The summed E-state index contributed by atoms with van der Waals surface area (Å²) in [5.41, 5.74) is 0.967. The molecular formula is C15H20N2O3. The van der Waals surface area contributed by atoms with Gasteiger partial charge in [0.15, 0.2) is 5.75 Å². The van der Waals surface area contributed by atoms with Crippen LogP contribution >= 0.6 is 0 Å². The summed E-state index contributed by atoms with van der Waals surface area (Å²) in [6.45, 7) is 5.79. The molecule has 0 heterocycles. The molecule has 0 aliphatic heterocycles. The van der Waals surface area contributed by atoms with Crippen LogP contribution in [-0.4, -0.2) is 18.1 Å². The number of nitro groups is 1. The van der Waals surface area contributed by atoms with Crippen LogP contribution in [0, 0.1) is 22.0 Å². The molecule has 5 nitrogen and oxygen atoms in total. The largest absolute Gasteiger partial charge is 0.486 e. The number of hydrogen-bond donors (Lipinski definition) is 1. The molecule has 0 spiro atoms. The Morgan fingerprint density at radius 1 is 1.45 bits per heavy atom. The minimum atomic E-state index is -0.427. The zero-order chi connectivity index (χ0) is 14.8. The first-order valence-corrected chi connectivity index (χ1v) is 6.69. The van der Waals surface area contributed by atoms with Crippen LogP contribution in [0.15, 0.2) is 18.2 Å². The second-order valence-corrected chi connectivity index (χ2v) is 4.26. The summed E-state index contributed by atoms with van der Waals surface area (Å²) >= 11 is 0. The van der Waals surface area contributed by atoms with Crippen molar-refractivity contribution in [1.29, 1.82) is 0 Å². The molecular weight excluding hydrogens is 256 g/mol. The minimum absolute atomic E-state index is 0.00583. The number of ether oxygens (including phenoxy) is 1. The number of rotatable bonds is 8. The van der Waals surface area contributed by atoms with Gasteiger partial charge in [-0.15, -0.1) is 11.8 Å². The molecule has 0 amide bonds. The summed E-state index contributed by atoms with van der Waals surface area (Å²) in [6.07, 6.45) is 1.61. The Morgan fingerprint density at radius 2 is 2.25 bits per heavy atom. The molecule has 0 aromatic heterocycles. The maximum atomic E-state index is 11.0. The molecule has 0 fully saturated rings. The lowest BCUT2D eigenvalue weighted by Gasteiger charge is -2.08. The SMILES string of the molecule is CC#CCCOc1cc(CNCCC)ccc1[N+](=O)[O-]. The summed E-state index contributed by atoms with van der Waals surface area (Å²) in [7, 11) is 0. The van der Waals surface area contributed by atoms with Crippen molar-refractivity contribution in [3.8, 4) is 17.6 Å². The van der Waals surface area contributed by atoms with Crippen LogP contribution in [0.4, 0.5) is 5.69 Å². The highest BCUT2D eigenvalue weighted by Crippen LogP contribution is 2.28. The van der Waals surface area contributed by atoms with Gasteiger partial charge in [-0.1, -0.05) is 13.0 Å². The molecule has 0 radical (unpaired) electrons. The van der Waals surface area contributed by atoms with E-state index in [9.17, 15) is 10.1 Å². The average molecular weight is 276 g/mol. The van der Waals surface area contributed by atoms with Crippen LogP contribution in [0.1, 0.15) is 32.3 Å². The van der Waals surface area contributed by atoms with Crippen LogP contribution in [0.25, 0.3) is 0 Å². The van der Waals surface area contributed by atoms with Crippen molar-refractivity contribution in [3.63, 3.8) is 0 Å². The highest BCUT2D eigenvalue weighted by atomic mass is 16.6.